The molecule has 0 heterocycles. The molecular formula is C7H8HfSi+2. The van der Waals surface area contributed by atoms with Crippen molar-refractivity contribution >= 4 is 6.22 Å². The summed E-state index contributed by atoms with van der Waals surface area (Å²) in [5, 5.41) is 0. The molecule has 0 saturated heterocycles. The summed E-state index contributed by atoms with van der Waals surface area (Å²) in [6, 6.07) is 12.1. The van der Waals surface area contributed by atoms with Crippen molar-refractivity contribution in [2.75, 3.05) is 0 Å². The van der Waals surface area contributed by atoms with Gasteiger partial charge in [-0.3, -0.25) is 0 Å². The quantitative estimate of drug-likeness (QED) is 0.717. The van der Waals surface area contributed by atoms with Gasteiger partial charge in [-0.15, -0.1) is 0 Å². The molecule has 2 heteroatoms. The molecule has 0 saturated carbocycles. The van der Waals surface area contributed by atoms with Crippen LogP contribution in [0.4, 0.5) is 0 Å². The van der Waals surface area contributed by atoms with Gasteiger partial charge in [-0.25, -0.2) is 0 Å². The second kappa shape index (κ2) is 4.18. The molecule has 0 radical (unpaired) electrons. The van der Waals surface area contributed by atoms with E-state index in [0.717, 1.165) is 6.22 Å². The average Bonchev–Trinajstić information content (AvgIpc) is 1.91. The Morgan fingerprint density at radius 2 is 1.89 bits per heavy atom. The first kappa shape index (κ1) is 7.41. The van der Waals surface area contributed by atoms with Gasteiger partial charge in [0.25, 0.3) is 0 Å². The predicted molar refractivity (Wildman–Crippen MR) is 37.3 cm³/mol. The molecule has 0 aliphatic heterocycles. The number of hydrogen-bond acceptors (Lipinski definition) is 0. The second-order valence-corrected chi connectivity index (χ2v) is 7.11. The van der Waals surface area contributed by atoms with E-state index in [-0.39, 0.29) is 0 Å². The van der Waals surface area contributed by atoms with Gasteiger partial charge in [-0.1, -0.05) is 0 Å². The number of hydrogen-bond donors (Lipinski definition) is 0. The Kier molecular flexibility index (Phi) is 3.44. The SMILES string of the molecule is [Hf+2]=[SiH]Cc1ccccc1. The van der Waals surface area contributed by atoms with Crippen molar-refractivity contribution in [3.8, 4) is 0 Å². The van der Waals surface area contributed by atoms with Gasteiger partial charge in [0.05, 0.1) is 0 Å². The maximum atomic E-state index is 2.21. The van der Waals surface area contributed by atoms with Gasteiger partial charge in [0.1, 0.15) is 0 Å². The third-order valence-corrected chi connectivity index (χ3v) is 4.06. The first-order valence-corrected chi connectivity index (χ1v) is 10.6. The molecular weight excluding hydrogens is 291 g/mol. The van der Waals surface area contributed by atoms with Gasteiger partial charge in [-0.05, 0) is 0 Å². The molecule has 0 unspecified atom stereocenters. The van der Waals surface area contributed by atoms with Crippen LogP contribution >= 0.6 is 0 Å². The van der Waals surface area contributed by atoms with E-state index in [9.17, 15) is 0 Å². The molecule has 0 spiro atoms. The summed E-state index contributed by atoms with van der Waals surface area (Å²) >= 11 is 1.41. The van der Waals surface area contributed by atoms with Crippen LogP contribution in [-0.2, 0) is 29.0 Å². The van der Waals surface area contributed by atoms with Crippen LogP contribution in [-0.4, -0.2) is 6.22 Å². The Bertz CT molecular complexity index is 183. The zero-order valence-corrected chi connectivity index (χ0v) is 9.92. The molecule has 0 N–H and O–H groups in total. The Labute approximate surface area is 71.0 Å². The predicted octanol–water partition coefficient (Wildman–Crippen LogP) is 1.08. The third-order valence-electron chi connectivity index (χ3n) is 1.18. The van der Waals surface area contributed by atoms with Crippen molar-refractivity contribution in [3.05, 3.63) is 35.9 Å². The zero-order valence-electron chi connectivity index (χ0n) is 5.17. The molecule has 0 aliphatic rings. The molecule has 42 valence electrons. The molecule has 0 fully saturated rings. The van der Waals surface area contributed by atoms with Crippen LogP contribution in [0.2, 0.25) is 0 Å². The van der Waals surface area contributed by atoms with E-state index in [1.807, 2.05) is 0 Å². The van der Waals surface area contributed by atoms with E-state index in [2.05, 4.69) is 30.3 Å². The first-order valence-electron chi connectivity index (χ1n) is 2.96. The summed E-state index contributed by atoms with van der Waals surface area (Å²) < 4.78 is 0. The minimum absolute atomic E-state index is 0.764. The Morgan fingerprint density at radius 1 is 1.22 bits per heavy atom. The third kappa shape index (κ3) is 2.58. The summed E-state index contributed by atoms with van der Waals surface area (Å²) in [5.41, 5.74) is 1.52. The fourth-order valence-corrected chi connectivity index (χ4v) is 3.78. The van der Waals surface area contributed by atoms with Gasteiger partial charge < -0.3 is 0 Å². The van der Waals surface area contributed by atoms with Crippen molar-refractivity contribution in [2.45, 2.75) is 6.04 Å². The van der Waals surface area contributed by atoms with Crippen LogP contribution in [0.3, 0.4) is 0 Å². The monoisotopic (exact) mass is 300 g/mol. The molecule has 1 aromatic rings. The van der Waals surface area contributed by atoms with E-state index in [1.165, 1.54) is 34.6 Å². The zero-order chi connectivity index (χ0) is 6.53. The van der Waals surface area contributed by atoms with Gasteiger partial charge in [0, 0.05) is 0 Å². The topological polar surface area (TPSA) is 0 Å². The standard InChI is InChI=1S/C7H8Si.Hf/c8-6-7-4-2-1-3-5-7;/h1-5,8H,6H2;/q;+2. The van der Waals surface area contributed by atoms with Crippen LogP contribution in [0.15, 0.2) is 30.3 Å². The van der Waals surface area contributed by atoms with Crippen molar-refractivity contribution < 1.29 is 23.0 Å². The number of rotatable bonds is 2. The summed E-state index contributed by atoms with van der Waals surface area (Å²) in [4.78, 5) is 0. The van der Waals surface area contributed by atoms with Crippen molar-refractivity contribution in [2.24, 2.45) is 0 Å². The van der Waals surface area contributed by atoms with Crippen LogP contribution in [0.5, 0.6) is 0 Å². The van der Waals surface area contributed by atoms with Crippen LogP contribution < -0.4 is 0 Å². The summed E-state index contributed by atoms with van der Waals surface area (Å²) in [6.07, 6.45) is 0.764. The maximum absolute atomic E-state index is 2.21. The Morgan fingerprint density at radius 3 is 2.44 bits per heavy atom. The van der Waals surface area contributed by atoms with E-state index in [4.69, 9.17) is 0 Å². The summed E-state index contributed by atoms with van der Waals surface area (Å²) in [6.45, 7) is 0. The Hall–Kier alpha value is 0.307. The van der Waals surface area contributed by atoms with Gasteiger partial charge in [0.15, 0.2) is 0 Å². The van der Waals surface area contributed by atoms with Crippen molar-refractivity contribution in [3.63, 3.8) is 0 Å². The fourth-order valence-electron chi connectivity index (χ4n) is 0.732. The van der Waals surface area contributed by atoms with Crippen molar-refractivity contribution in [1.82, 2.24) is 0 Å². The van der Waals surface area contributed by atoms with Crippen molar-refractivity contribution in [1.29, 1.82) is 0 Å². The van der Waals surface area contributed by atoms with Gasteiger partial charge >= 0.3 is 71.2 Å². The molecule has 0 amide bonds. The normalized spacial score (nSPS) is 9.11. The second-order valence-electron chi connectivity index (χ2n) is 1.89. The van der Waals surface area contributed by atoms with Gasteiger partial charge in [-0.2, -0.15) is 0 Å². The minimum atomic E-state index is 0.764. The van der Waals surface area contributed by atoms with Gasteiger partial charge in [0.2, 0.25) is 0 Å². The molecule has 1 aromatic carbocycles. The van der Waals surface area contributed by atoms with Crippen LogP contribution in [0, 0.1) is 0 Å². The number of benzene rings is 1. The summed E-state index contributed by atoms with van der Waals surface area (Å²) in [5.74, 6) is 0. The average molecular weight is 299 g/mol. The molecule has 0 aliphatic carbocycles. The van der Waals surface area contributed by atoms with E-state index >= 15 is 0 Å². The van der Waals surface area contributed by atoms with E-state index in [1.54, 1.807) is 0 Å². The molecule has 0 atom stereocenters. The molecule has 1 rings (SSSR count). The fraction of sp³-hybridized carbons (Fsp3) is 0.143. The molecule has 0 nitrogen and oxygen atoms in total. The van der Waals surface area contributed by atoms with Crippen LogP contribution in [0.25, 0.3) is 0 Å². The first-order chi connectivity index (χ1) is 4.43. The molecule has 0 bridgehead atoms. The van der Waals surface area contributed by atoms with Crippen LogP contribution in [0.1, 0.15) is 5.56 Å². The molecule has 0 aromatic heterocycles. The van der Waals surface area contributed by atoms with E-state index in [0.29, 0.717) is 0 Å². The summed E-state index contributed by atoms with van der Waals surface area (Å²) in [7, 11) is 0. The Balaban J connectivity index is 2.72. The van der Waals surface area contributed by atoms with E-state index < -0.39 is 0 Å². The molecule has 9 heavy (non-hydrogen) atoms.